The van der Waals surface area contributed by atoms with Crippen LogP contribution >= 0.6 is 0 Å². The monoisotopic (exact) mass is 303 g/mol. The first-order chi connectivity index (χ1) is 10.5. The Morgan fingerprint density at radius 2 is 2.05 bits per heavy atom. The Morgan fingerprint density at radius 3 is 2.59 bits per heavy atom. The standard InChI is InChI=1S/C16H25N5O/c1-6-21(11(2)3)15-8-7-13(10-18-15)16-19-14(20-22-16)9-12(4)17-5/h7-8,10-12,17H,6,9H2,1-5H3. The predicted molar refractivity (Wildman–Crippen MR) is 87.9 cm³/mol. The normalized spacial score (nSPS) is 12.6. The highest BCUT2D eigenvalue weighted by molar-refractivity contribution is 5.54. The summed E-state index contributed by atoms with van der Waals surface area (Å²) in [7, 11) is 1.92. The Morgan fingerprint density at radius 1 is 1.27 bits per heavy atom. The van der Waals surface area contributed by atoms with Crippen LogP contribution in [0.3, 0.4) is 0 Å². The van der Waals surface area contributed by atoms with E-state index < -0.39 is 0 Å². The van der Waals surface area contributed by atoms with Crippen molar-refractivity contribution >= 4 is 5.82 Å². The van der Waals surface area contributed by atoms with Gasteiger partial charge in [0.25, 0.3) is 5.89 Å². The molecule has 6 heteroatoms. The number of nitrogens with one attached hydrogen (secondary N) is 1. The summed E-state index contributed by atoms with van der Waals surface area (Å²) in [6.07, 6.45) is 2.53. The molecule has 0 aromatic carbocycles. The van der Waals surface area contributed by atoms with Crippen LogP contribution in [0.4, 0.5) is 5.82 Å². The van der Waals surface area contributed by atoms with Gasteiger partial charge in [-0.05, 0) is 46.9 Å². The zero-order valence-electron chi connectivity index (χ0n) is 14.0. The number of pyridine rings is 1. The molecule has 0 aliphatic heterocycles. The van der Waals surface area contributed by atoms with Crippen molar-refractivity contribution in [3.8, 4) is 11.5 Å². The van der Waals surface area contributed by atoms with E-state index in [1.165, 1.54) is 0 Å². The lowest BCUT2D eigenvalue weighted by Gasteiger charge is -2.26. The minimum atomic E-state index is 0.315. The summed E-state index contributed by atoms with van der Waals surface area (Å²) in [6, 6.07) is 4.71. The van der Waals surface area contributed by atoms with Crippen molar-refractivity contribution in [2.24, 2.45) is 0 Å². The number of aromatic nitrogens is 3. The van der Waals surface area contributed by atoms with E-state index >= 15 is 0 Å². The second-order valence-electron chi connectivity index (χ2n) is 5.69. The highest BCUT2D eigenvalue weighted by Crippen LogP contribution is 2.20. The van der Waals surface area contributed by atoms with Crippen LogP contribution in [0.2, 0.25) is 0 Å². The fourth-order valence-corrected chi connectivity index (χ4v) is 2.30. The number of hydrogen-bond donors (Lipinski definition) is 1. The first-order valence-corrected chi connectivity index (χ1v) is 7.78. The maximum Gasteiger partial charge on any atom is 0.259 e. The van der Waals surface area contributed by atoms with E-state index in [0.717, 1.165) is 24.3 Å². The SMILES string of the molecule is CCN(c1ccc(-c2nc(CC(C)NC)no2)cn1)C(C)C. The van der Waals surface area contributed by atoms with Crippen LogP contribution in [0.5, 0.6) is 0 Å². The maximum atomic E-state index is 5.33. The van der Waals surface area contributed by atoms with Crippen molar-refractivity contribution in [2.45, 2.75) is 46.2 Å². The molecule has 2 rings (SSSR count). The van der Waals surface area contributed by atoms with Gasteiger partial charge in [0.15, 0.2) is 5.82 Å². The van der Waals surface area contributed by atoms with Gasteiger partial charge in [0.2, 0.25) is 0 Å². The Labute approximate surface area is 131 Å². The molecular formula is C16H25N5O. The van der Waals surface area contributed by atoms with Gasteiger partial charge in [0.1, 0.15) is 5.82 Å². The third-order valence-corrected chi connectivity index (χ3v) is 3.70. The van der Waals surface area contributed by atoms with Gasteiger partial charge in [-0.15, -0.1) is 0 Å². The van der Waals surface area contributed by atoms with Crippen molar-refractivity contribution in [1.29, 1.82) is 0 Å². The quantitative estimate of drug-likeness (QED) is 0.848. The van der Waals surface area contributed by atoms with Crippen LogP contribution in [0.1, 0.15) is 33.5 Å². The van der Waals surface area contributed by atoms with E-state index in [1.807, 2.05) is 19.2 Å². The molecule has 1 N–H and O–H groups in total. The van der Waals surface area contributed by atoms with E-state index in [0.29, 0.717) is 23.8 Å². The summed E-state index contributed by atoms with van der Waals surface area (Å²) in [4.78, 5) is 11.2. The molecule has 0 saturated carbocycles. The smallest absolute Gasteiger partial charge is 0.259 e. The third kappa shape index (κ3) is 3.82. The van der Waals surface area contributed by atoms with Gasteiger partial charge in [-0.1, -0.05) is 5.16 Å². The first-order valence-electron chi connectivity index (χ1n) is 7.78. The van der Waals surface area contributed by atoms with Crippen LogP contribution in [0.15, 0.2) is 22.9 Å². The lowest BCUT2D eigenvalue weighted by molar-refractivity contribution is 0.418. The molecule has 1 unspecified atom stereocenters. The van der Waals surface area contributed by atoms with Crippen LogP contribution in [0.25, 0.3) is 11.5 Å². The Hall–Kier alpha value is -1.95. The molecule has 0 saturated heterocycles. The van der Waals surface area contributed by atoms with Crippen LogP contribution in [0, 0.1) is 0 Å². The van der Waals surface area contributed by atoms with E-state index in [1.54, 1.807) is 6.20 Å². The van der Waals surface area contributed by atoms with Crippen molar-refractivity contribution in [1.82, 2.24) is 20.4 Å². The molecule has 0 aliphatic rings. The Bertz CT molecular complexity index is 578. The van der Waals surface area contributed by atoms with Gasteiger partial charge in [0.05, 0.1) is 5.56 Å². The lowest BCUT2D eigenvalue weighted by atomic mass is 10.2. The molecule has 1 atom stereocenters. The number of anilines is 1. The molecule has 0 amide bonds. The van der Waals surface area contributed by atoms with Crippen LogP contribution in [-0.2, 0) is 6.42 Å². The summed E-state index contributed by atoms with van der Waals surface area (Å²) >= 11 is 0. The lowest BCUT2D eigenvalue weighted by Crippen LogP contribution is -2.30. The molecule has 2 aromatic rings. The fraction of sp³-hybridized carbons (Fsp3) is 0.562. The molecule has 0 aliphatic carbocycles. The van der Waals surface area contributed by atoms with Crippen molar-refractivity contribution in [2.75, 3.05) is 18.5 Å². The first kappa shape index (κ1) is 16.4. The van der Waals surface area contributed by atoms with E-state index in [-0.39, 0.29) is 0 Å². The van der Waals surface area contributed by atoms with Gasteiger partial charge < -0.3 is 14.7 Å². The van der Waals surface area contributed by atoms with E-state index in [9.17, 15) is 0 Å². The zero-order valence-corrected chi connectivity index (χ0v) is 14.0. The third-order valence-electron chi connectivity index (χ3n) is 3.70. The van der Waals surface area contributed by atoms with Crippen LogP contribution in [-0.4, -0.2) is 40.8 Å². The summed E-state index contributed by atoms with van der Waals surface area (Å²) in [6.45, 7) is 9.45. The summed E-state index contributed by atoms with van der Waals surface area (Å²) in [5.41, 5.74) is 0.847. The highest BCUT2D eigenvalue weighted by atomic mass is 16.5. The summed E-state index contributed by atoms with van der Waals surface area (Å²) in [5.74, 6) is 2.19. The van der Waals surface area contributed by atoms with E-state index in [4.69, 9.17) is 4.52 Å². The van der Waals surface area contributed by atoms with Gasteiger partial charge in [-0.3, -0.25) is 0 Å². The molecule has 2 aromatic heterocycles. The fourth-order valence-electron chi connectivity index (χ4n) is 2.30. The molecule has 6 nitrogen and oxygen atoms in total. The van der Waals surface area contributed by atoms with Gasteiger partial charge >= 0.3 is 0 Å². The Kier molecular flexibility index (Phi) is 5.49. The molecular weight excluding hydrogens is 278 g/mol. The van der Waals surface area contributed by atoms with Gasteiger partial charge in [0, 0.05) is 31.2 Å². The summed E-state index contributed by atoms with van der Waals surface area (Å²) in [5, 5.41) is 7.18. The predicted octanol–water partition coefficient (Wildman–Crippen LogP) is 2.52. The van der Waals surface area contributed by atoms with E-state index in [2.05, 4.69) is 53.0 Å². The molecule has 0 spiro atoms. The minimum Gasteiger partial charge on any atom is -0.354 e. The minimum absolute atomic E-state index is 0.315. The molecule has 120 valence electrons. The number of likely N-dealkylation sites (N-methyl/N-ethyl adjacent to an activating group) is 1. The second-order valence-corrected chi connectivity index (χ2v) is 5.69. The average Bonchev–Trinajstić information content (AvgIpc) is 2.96. The highest BCUT2D eigenvalue weighted by Gasteiger charge is 2.13. The van der Waals surface area contributed by atoms with Crippen LogP contribution < -0.4 is 10.2 Å². The molecule has 0 radical (unpaired) electrons. The topological polar surface area (TPSA) is 67.1 Å². The summed E-state index contributed by atoms with van der Waals surface area (Å²) < 4.78 is 5.33. The molecule has 0 fully saturated rings. The number of nitrogens with zero attached hydrogens (tertiary/aromatic N) is 4. The Balaban J connectivity index is 2.13. The number of hydrogen-bond acceptors (Lipinski definition) is 6. The number of rotatable bonds is 7. The van der Waals surface area contributed by atoms with Crippen molar-refractivity contribution < 1.29 is 4.52 Å². The zero-order chi connectivity index (χ0) is 16.1. The second kappa shape index (κ2) is 7.35. The molecule has 2 heterocycles. The molecule has 0 bridgehead atoms. The largest absolute Gasteiger partial charge is 0.354 e. The molecule has 22 heavy (non-hydrogen) atoms. The van der Waals surface area contributed by atoms with Gasteiger partial charge in [-0.25, -0.2) is 4.98 Å². The van der Waals surface area contributed by atoms with Crippen molar-refractivity contribution in [3.05, 3.63) is 24.2 Å². The van der Waals surface area contributed by atoms with Gasteiger partial charge in [-0.2, -0.15) is 4.98 Å². The maximum absolute atomic E-state index is 5.33. The average molecular weight is 303 g/mol. The van der Waals surface area contributed by atoms with Crippen molar-refractivity contribution in [3.63, 3.8) is 0 Å².